The summed E-state index contributed by atoms with van der Waals surface area (Å²) >= 11 is 7.85. The molecule has 0 saturated carbocycles. The van der Waals surface area contributed by atoms with Gasteiger partial charge in [0.05, 0.1) is 12.1 Å². The van der Waals surface area contributed by atoms with Gasteiger partial charge in [-0.2, -0.15) is 11.8 Å². The van der Waals surface area contributed by atoms with Crippen molar-refractivity contribution in [2.75, 3.05) is 26.2 Å². The molecule has 90 valence electrons. The molecule has 4 heteroatoms. The third-order valence-corrected chi connectivity index (χ3v) is 3.49. The molecule has 1 unspecified atom stereocenters. The third-order valence-electron chi connectivity index (χ3n) is 2.54. The molecule has 1 rings (SSSR count). The van der Waals surface area contributed by atoms with Gasteiger partial charge in [-0.3, -0.25) is 0 Å². The zero-order chi connectivity index (χ0) is 12.0. The topological polar surface area (TPSA) is 21.3 Å². The summed E-state index contributed by atoms with van der Waals surface area (Å²) in [5.41, 5.74) is 1.22. The number of methoxy groups -OCH3 is 1. The van der Waals surface area contributed by atoms with Gasteiger partial charge in [0.1, 0.15) is 5.75 Å². The zero-order valence-corrected chi connectivity index (χ0v) is 11.5. The van der Waals surface area contributed by atoms with Gasteiger partial charge < -0.3 is 10.1 Å². The number of nitrogens with one attached hydrogen (secondary N) is 1. The van der Waals surface area contributed by atoms with Crippen LogP contribution in [0.25, 0.3) is 0 Å². The predicted octanol–water partition coefficient (Wildman–Crippen LogP) is 3.36. The predicted molar refractivity (Wildman–Crippen MR) is 72.8 cm³/mol. The van der Waals surface area contributed by atoms with E-state index in [4.69, 9.17) is 16.3 Å². The number of halogens is 1. The van der Waals surface area contributed by atoms with Crippen molar-refractivity contribution in [3.05, 3.63) is 28.8 Å². The zero-order valence-electron chi connectivity index (χ0n) is 9.92. The second kappa shape index (κ2) is 7.05. The molecule has 0 heterocycles. The summed E-state index contributed by atoms with van der Waals surface area (Å²) in [6.07, 6.45) is 3.22. The van der Waals surface area contributed by atoms with Crippen molar-refractivity contribution in [2.24, 2.45) is 0 Å². The maximum atomic E-state index is 6.00. The first kappa shape index (κ1) is 13.7. The van der Waals surface area contributed by atoms with Crippen molar-refractivity contribution < 1.29 is 4.74 Å². The van der Waals surface area contributed by atoms with E-state index in [0.717, 1.165) is 17.9 Å². The quantitative estimate of drug-likeness (QED) is 0.847. The summed E-state index contributed by atoms with van der Waals surface area (Å²) in [6.45, 7) is 0. The molecule has 1 N–H and O–H groups in total. The van der Waals surface area contributed by atoms with Crippen LogP contribution in [0.2, 0.25) is 5.02 Å². The molecular formula is C12H18ClNOS. The molecule has 0 aromatic heterocycles. The van der Waals surface area contributed by atoms with Crippen molar-refractivity contribution in [3.63, 3.8) is 0 Å². The van der Waals surface area contributed by atoms with E-state index >= 15 is 0 Å². The lowest BCUT2D eigenvalue weighted by atomic mass is 10.0. The molecule has 2 nitrogen and oxygen atoms in total. The Balaban J connectivity index is 2.83. The summed E-state index contributed by atoms with van der Waals surface area (Å²) in [5, 5.41) is 3.97. The highest BCUT2D eigenvalue weighted by Gasteiger charge is 2.11. The highest BCUT2D eigenvalue weighted by molar-refractivity contribution is 7.98. The Kier molecular flexibility index (Phi) is 6.03. The SMILES string of the molecule is CNC(CCSC)c1ccc(Cl)c(OC)c1. The van der Waals surface area contributed by atoms with Crippen LogP contribution in [-0.2, 0) is 0 Å². The van der Waals surface area contributed by atoms with Crippen LogP contribution in [0.15, 0.2) is 18.2 Å². The standard InChI is InChI=1S/C12H18ClNOS/c1-14-11(6-7-16-3)9-4-5-10(13)12(8-9)15-2/h4-5,8,11,14H,6-7H2,1-3H3. The van der Waals surface area contributed by atoms with Crippen molar-refractivity contribution in [3.8, 4) is 5.75 Å². The van der Waals surface area contributed by atoms with Crippen LogP contribution < -0.4 is 10.1 Å². The minimum atomic E-state index is 0.360. The molecule has 0 amide bonds. The van der Waals surface area contributed by atoms with Gasteiger partial charge in [0, 0.05) is 6.04 Å². The van der Waals surface area contributed by atoms with Crippen LogP contribution in [0, 0.1) is 0 Å². The molecular weight excluding hydrogens is 242 g/mol. The summed E-state index contributed by atoms with van der Waals surface area (Å²) in [6, 6.07) is 6.30. The minimum absolute atomic E-state index is 0.360. The monoisotopic (exact) mass is 259 g/mol. The summed E-state index contributed by atoms with van der Waals surface area (Å²) in [7, 11) is 3.62. The fourth-order valence-electron chi connectivity index (χ4n) is 1.61. The van der Waals surface area contributed by atoms with E-state index in [2.05, 4.69) is 11.6 Å². The maximum absolute atomic E-state index is 6.00. The van der Waals surface area contributed by atoms with Crippen molar-refractivity contribution in [2.45, 2.75) is 12.5 Å². The van der Waals surface area contributed by atoms with Gasteiger partial charge in [0.15, 0.2) is 0 Å². The van der Waals surface area contributed by atoms with Gasteiger partial charge in [-0.1, -0.05) is 17.7 Å². The maximum Gasteiger partial charge on any atom is 0.137 e. The normalized spacial score (nSPS) is 12.5. The Bertz CT molecular complexity index is 333. The Labute approximate surface area is 107 Å². The number of hydrogen-bond acceptors (Lipinski definition) is 3. The molecule has 0 bridgehead atoms. The van der Waals surface area contributed by atoms with E-state index in [1.165, 1.54) is 5.56 Å². The number of benzene rings is 1. The highest BCUT2D eigenvalue weighted by Crippen LogP contribution is 2.29. The van der Waals surface area contributed by atoms with E-state index < -0.39 is 0 Å². The molecule has 0 aliphatic heterocycles. The van der Waals surface area contributed by atoms with Crippen LogP contribution >= 0.6 is 23.4 Å². The molecule has 0 radical (unpaired) electrons. The van der Waals surface area contributed by atoms with Crippen molar-refractivity contribution >= 4 is 23.4 Å². The second-order valence-electron chi connectivity index (χ2n) is 3.52. The average molecular weight is 260 g/mol. The Hall–Kier alpha value is -0.380. The summed E-state index contributed by atoms with van der Waals surface area (Å²) in [4.78, 5) is 0. The average Bonchev–Trinajstić information content (AvgIpc) is 2.32. The second-order valence-corrected chi connectivity index (χ2v) is 4.91. The first-order valence-corrected chi connectivity index (χ1v) is 6.99. The van der Waals surface area contributed by atoms with E-state index in [1.807, 2.05) is 37.0 Å². The van der Waals surface area contributed by atoms with Gasteiger partial charge in [-0.15, -0.1) is 0 Å². The van der Waals surface area contributed by atoms with Crippen molar-refractivity contribution in [1.29, 1.82) is 0 Å². The molecule has 1 atom stereocenters. The van der Waals surface area contributed by atoms with Gasteiger partial charge in [0.2, 0.25) is 0 Å². The van der Waals surface area contributed by atoms with Crippen LogP contribution in [0.3, 0.4) is 0 Å². The van der Waals surface area contributed by atoms with Crippen LogP contribution in [-0.4, -0.2) is 26.2 Å². The summed E-state index contributed by atoms with van der Waals surface area (Å²) in [5.74, 6) is 1.87. The van der Waals surface area contributed by atoms with Gasteiger partial charge in [-0.25, -0.2) is 0 Å². The Morgan fingerprint density at radius 2 is 2.25 bits per heavy atom. The van der Waals surface area contributed by atoms with Gasteiger partial charge in [-0.05, 0) is 43.2 Å². The first-order valence-electron chi connectivity index (χ1n) is 5.22. The number of ether oxygens (including phenoxy) is 1. The van der Waals surface area contributed by atoms with Crippen LogP contribution in [0.1, 0.15) is 18.0 Å². The molecule has 0 fully saturated rings. The molecule has 0 aliphatic rings. The molecule has 0 saturated heterocycles. The molecule has 0 spiro atoms. The molecule has 0 aliphatic carbocycles. The minimum Gasteiger partial charge on any atom is -0.495 e. The molecule has 16 heavy (non-hydrogen) atoms. The van der Waals surface area contributed by atoms with Crippen LogP contribution in [0.5, 0.6) is 5.75 Å². The fraction of sp³-hybridized carbons (Fsp3) is 0.500. The van der Waals surface area contributed by atoms with Gasteiger partial charge in [0.25, 0.3) is 0 Å². The van der Waals surface area contributed by atoms with E-state index in [9.17, 15) is 0 Å². The first-order chi connectivity index (χ1) is 7.72. The number of thioether (sulfide) groups is 1. The van der Waals surface area contributed by atoms with Gasteiger partial charge >= 0.3 is 0 Å². The van der Waals surface area contributed by atoms with Crippen molar-refractivity contribution in [1.82, 2.24) is 5.32 Å². The number of hydrogen-bond donors (Lipinski definition) is 1. The van der Waals surface area contributed by atoms with E-state index in [-0.39, 0.29) is 0 Å². The highest BCUT2D eigenvalue weighted by atomic mass is 35.5. The smallest absolute Gasteiger partial charge is 0.137 e. The summed E-state index contributed by atoms with van der Waals surface area (Å²) < 4.78 is 5.22. The lowest BCUT2D eigenvalue weighted by molar-refractivity contribution is 0.413. The fourth-order valence-corrected chi connectivity index (χ4v) is 2.27. The third kappa shape index (κ3) is 3.58. The Morgan fingerprint density at radius 3 is 2.81 bits per heavy atom. The molecule has 1 aromatic carbocycles. The lowest BCUT2D eigenvalue weighted by Crippen LogP contribution is -2.17. The Morgan fingerprint density at radius 1 is 1.50 bits per heavy atom. The number of rotatable bonds is 6. The van der Waals surface area contributed by atoms with E-state index in [1.54, 1.807) is 7.11 Å². The lowest BCUT2D eigenvalue weighted by Gasteiger charge is -2.17. The largest absolute Gasteiger partial charge is 0.495 e. The van der Waals surface area contributed by atoms with Crippen LogP contribution in [0.4, 0.5) is 0 Å². The van der Waals surface area contributed by atoms with E-state index in [0.29, 0.717) is 11.1 Å². The molecule has 1 aromatic rings.